The highest BCUT2D eigenvalue weighted by Gasteiger charge is 2.35. The van der Waals surface area contributed by atoms with Crippen LogP contribution in [0.4, 0.5) is 18.3 Å². The Balaban J connectivity index is 2.09. The van der Waals surface area contributed by atoms with E-state index in [1.165, 1.54) is 4.90 Å². The van der Waals surface area contributed by atoms with Crippen LogP contribution < -0.4 is 4.90 Å². The largest absolute Gasteiger partial charge is 0.434 e. The van der Waals surface area contributed by atoms with Gasteiger partial charge in [-0.15, -0.1) is 11.3 Å². The molecule has 0 N–H and O–H groups in total. The Labute approximate surface area is 117 Å². The topological polar surface area (TPSA) is 45.7 Å². The second-order valence-corrected chi connectivity index (χ2v) is 5.39. The number of ether oxygens (including phenoxy) is 1. The molecule has 20 heavy (non-hydrogen) atoms. The number of amides is 1. The molecule has 1 unspecified atom stereocenters. The number of carbonyl (C=O) groups excluding carboxylic acids is 1. The molecule has 0 bridgehead atoms. The standard InChI is InChI=1S/C11H14F3N3O2S/c1-16(2)9(18)7-5-17(3-4-19-7)10-15-8(6-20-10)11(12,13)14/h6-7H,3-5H2,1-2H3. The summed E-state index contributed by atoms with van der Waals surface area (Å²) in [7, 11) is 3.21. The highest BCUT2D eigenvalue weighted by atomic mass is 32.1. The van der Waals surface area contributed by atoms with E-state index in [1.54, 1.807) is 19.0 Å². The molecule has 1 atom stereocenters. The Morgan fingerprint density at radius 1 is 1.55 bits per heavy atom. The van der Waals surface area contributed by atoms with Gasteiger partial charge < -0.3 is 14.5 Å². The fraction of sp³-hybridized carbons (Fsp3) is 0.636. The third-order valence-corrected chi connectivity index (χ3v) is 3.74. The summed E-state index contributed by atoms with van der Waals surface area (Å²) in [4.78, 5) is 18.4. The molecule has 1 aromatic rings. The first-order chi connectivity index (χ1) is 9.29. The maximum atomic E-state index is 12.5. The highest BCUT2D eigenvalue weighted by Crippen LogP contribution is 2.33. The number of aromatic nitrogens is 1. The minimum absolute atomic E-state index is 0.206. The van der Waals surface area contributed by atoms with E-state index < -0.39 is 18.0 Å². The zero-order valence-corrected chi connectivity index (χ0v) is 11.8. The summed E-state index contributed by atoms with van der Waals surface area (Å²) in [5.41, 5.74) is -0.903. The van der Waals surface area contributed by atoms with Crippen LogP contribution in [0.25, 0.3) is 0 Å². The van der Waals surface area contributed by atoms with E-state index in [0.717, 1.165) is 16.7 Å². The third-order valence-electron chi connectivity index (χ3n) is 2.84. The number of morpholine rings is 1. The lowest BCUT2D eigenvalue weighted by Gasteiger charge is -2.33. The quantitative estimate of drug-likeness (QED) is 0.830. The molecule has 0 saturated carbocycles. The van der Waals surface area contributed by atoms with E-state index in [9.17, 15) is 18.0 Å². The molecule has 1 aliphatic rings. The Kier molecular flexibility index (Phi) is 4.19. The molecule has 0 spiro atoms. The Bertz CT molecular complexity index is 490. The van der Waals surface area contributed by atoms with Crippen LogP contribution in [0.5, 0.6) is 0 Å². The number of rotatable bonds is 2. The van der Waals surface area contributed by atoms with Gasteiger partial charge in [-0.25, -0.2) is 4.98 Å². The van der Waals surface area contributed by atoms with Crippen molar-refractivity contribution in [2.75, 3.05) is 38.7 Å². The number of nitrogens with zero attached hydrogens (tertiary/aromatic N) is 3. The van der Waals surface area contributed by atoms with Crippen molar-refractivity contribution in [1.82, 2.24) is 9.88 Å². The average molecular weight is 309 g/mol. The molecule has 1 fully saturated rings. The van der Waals surface area contributed by atoms with Crippen LogP contribution in [0.2, 0.25) is 0 Å². The van der Waals surface area contributed by atoms with Gasteiger partial charge in [-0.2, -0.15) is 13.2 Å². The summed E-state index contributed by atoms with van der Waals surface area (Å²) in [5, 5.41) is 1.24. The molecule has 1 saturated heterocycles. The fourth-order valence-electron chi connectivity index (χ4n) is 1.80. The fourth-order valence-corrected chi connectivity index (χ4v) is 2.67. The van der Waals surface area contributed by atoms with E-state index in [1.807, 2.05) is 0 Å². The molecule has 1 aliphatic heterocycles. The van der Waals surface area contributed by atoms with Gasteiger partial charge in [0.05, 0.1) is 13.2 Å². The lowest BCUT2D eigenvalue weighted by molar-refractivity contribution is -0.142. The van der Waals surface area contributed by atoms with Gasteiger partial charge >= 0.3 is 6.18 Å². The maximum Gasteiger partial charge on any atom is 0.434 e. The number of alkyl halides is 3. The number of hydrogen-bond donors (Lipinski definition) is 0. The number of carbonyl (C=O) groups is 1. The Hall–Kier alpha value is -1.35. The summed E-state index contributed by atoms with van der Waals surface area (Å²) in [6.07, 6.45) is -5.11. The Morgan fingerprint density at radius 3 is 2.80 bits per heavy atom. The van der Waals surface area contributed by atoms with Gasteiger partial charge in [-0.05, 0) is 0 Å². The number of likely N-dealkylation sites (N-methyl/N-ethyl adjacent to an activating group) is 1. The lowest BCUT2D eigenvalue weighted by atomic mass is 10.2. The lowest BCUT2D eigenvalue weighted by Crippen LogP contribution is -2.49. The van der Waals surface area contributed by atoms with Crippen LogP contribution in [0.15, 0.2) is 5.38 Å². The predicted molar refractivity (Wildman–Crippen MR) is 67.8 cm³/mol. The van der Waals surface area contributed by atoms with Gasteiger partial charge in [-0.1, -0.05) is 0 Å². The molecule has 112 valence electrons. The highest BCUT2D eigenvalue weighted by molar-refractivity contribution is 7.13. The number of halogens is 3. The smallest absolute Gasteiger partial charge is 0.365 e. The van der Waals surface area contributed by atoms with Crippen molar-refractivity contribution in [2.45, 2.75) is 12.3 Å². The minimum atomic E-state index is -4.44. The Morgan fingerprint density at radius 2 is 2.25 bits per heavy atom. The first kappa shape index (κ1) is 15.0. The second-order valence-electron chi connectivity index (χ2n) is 4.55. The first-order valence-electron chi connectivity index (χ1n) is 5.89. The molecule has 2 rings (SSSR count). The number of hydrogen-bond acceptors (Lipinski definition) is 5. The van der Waals surface area contributed by atoms with Gasteiger partial charge in [0.15, 0.2) is 16.9 Å². The van der Waals surface area contributed by atoms with Gasteiger partial charge in [0.2, 0.25) is 0 Å². The van der Waals surface area contributed by atoms with E-state index in [4.69, 9.17) is 4.74 Å². The zero-order chi connectivity index (χ0) is 14.9. The van der Waals surface area contributed by atoms with Gasteiger partial charge in [0.1, 0.15) is 0 Å². The van der Waals surface area contributed by atoms with Crippen molar-refractivity contribution < 1.29 is 22.7 Å². The molecular weight excluding hydrogens is 295 g/mol. The molecule has 0 aliphatic carbocycles. The van der Waals surface area contributed by atoms with E-state index >= 15 is 0 Å². The van der Waals surface area contributed by atoms with E-state index in [2.05, 4.69) is 4.98 Å². The van der Waals surface area contributed by atoms with Crippen LogP contribution >= 0.6 is 11.3 Å². The molecule has 1 aromatic heterocycles. The van der Waals surface area contributed by atoms with Crippen molar-refractivity contribution >= 4 is 22.4 Å². The van der Waals surface area contributed by atoms with Crippen molar-refractivity contribution in [2.24, 2.45) is 0 Å². The summed E-state index contributed by atoms with van der Waals surface area (Å²) >= 11 is 0.919. The summed E-state index contributed by atoms with van der Waals surface area (Å²) in [6.45, 7) is 0.912. The van der Waals surface area contributed by atoms with Crippen LogP contribution in [0.1, 0.15) is 5.69 Å². The van der Waals surface area contributed by atoms with Crippen molar-refractivity contribution in [3.8, 4) is 0 Å². The average Bonchev–Trinajstić information content (AvgIpc) is 2.87. The number of thiazole rings is 1. The van der Waals surface area contributed by atoms with Crippen LogP contribution in [0, 0.1) is 0 Å². The molecule has 0 radical (unpaired) electrons. The van der Waals surface area contributed by atoms with Crippen LogP contribution in [-0.4, -0.2) is 55.7 Å². The van der Waals surface area contributed by atoms with Crippen LogP contribution in [0.3, 0.4) is 0 Å². The van der Waals surface area contributed by atoms with Crippen LogP contribution in [-0.2, 0) is 15.7 Å². The van der Waals surface area contributed by atoms with Gasteiger partial charge in [-0.3, -0.25) is 4.79 Å². The predicted octanol–water partition coefficient (Wildman–Crippen LogP) is 1.46. The van der Waals surface area contributed by atoms with Crippen molar-refractivity contribution in [1.29, 1.82) is 0 Å². The second kappa shape index (κ2) is 5.57. The maximum absolute atomic E-state index is 12.5. The number of anilines is 1. The first-order valence-corrected chi connectivity index (χ1v) is 6.77. The summed E-state index contributed by atoms with van der Waals surface area (Å²) < 4.78 is 42.9. The van der Waals surface area contributed by atoms with E-state index in [0.29, 0.717) is 6.54 Å². The molecule has 5 nitrogen and oxygen atoms in total. The molecular formula is C11H14F3N3O2S. The van der Waals surface area contributed by atoms with E-state index in [-0.39, 0.29) is 24.2 Å². The molecule has 9 heteroatoms. The van der Waals surface area contributed by atoms with Crippen molar-refractivity contribution in [3.05, 3.63) is 11.1 Å². The molecule has 2 heterocycles. The normalized spacial score (nSPS) is 20.1. The summed E-state index contributed by atoms with van der Waals surface area (Å²) in [6, 6.07) is 0. The third kappa shape index (κ3) is 3.21. The van der Waals surface area contributed by atoms with Crippen molar-refractivity contribution in [3.63, 3.8) is 0 Å². The SMILES string of the molecule is CN(C)C(=O)C1CN(c2nc(C(F)(F)F)cs2)CCO1. The minimum Gasteiger partial charge on any atom is -0.365 e. The molecule has 0 aromatic carbocycles. The summed E-state index contributed by atoms with van der Waals surface area (Å²) in [5.74, 6) is -0.206. The van der Waals surface area contributed by atoms with Gasteiger partial charge in [0.25, 0.3) is 5.91 Å². The van der Waals surface area contributed by atoms with Gasteiger partial charge in [0, 0.05) is 26.0 Å². The zero-order valence-electron chi connectivity index (χ0n) is 11.0. The monoisotopic (exact) mass is 309 g/mol. The molecule has 1 amide bonds.